The number of carbonyl (C=O) groups is 2. The standard InChI is InChI=1S/C26H19N3O2/c27-25(30)18-14-23(24(28-15-18)16-7-2-1-3-8-16)29-26(31)21-12-6-11-20-19-10-5-4-9-17(19)13-22(20)21/h1-12,14-15H,13H2,(H2,27,30)(H,29,31). The SMILES string of the molecule is NC(=O)c1cnc(-c2ccccc2)c(NC(=O)c2cccc3c2Cc2ccccc2-3)c1. The maximum absolute atomic E-state index is 13.3. The zero-order valence-corrected chi connectivity index (χ0v) is 16.6. The fraction of sp³-hybridized carbons (Fsp3) is 0.0385. The van der Waals surface area contributed by atoms with Crippen LogP contribution in [0.1, 0.15) is 31.8 Å². The Kier molecular flexibility index (Phi) is 4.56. The van der Waals surface area contributed by atoms with Gasteiger partial charge in [0.1, 0.15) is 0 Å². The number of amides is 2. The molecule has 2 amide bonds. The van der Waals surface area contributed by atoms with Crippen molar-refractivity contribution in [3.05, 3.63) is 107 Å². The predicted octanol–water partition coefficient (Wildman–Crippen LogP) is 4.67. The van der Waals surface area contributed by atoms with Crippen LogP contribution in [0.5, 0.6) is 0 Å². The number of fused-ring (bicyclic) bond motifs is 3. The summed E-state index contributed by atoms with van der Waals surface area (Å²) in [6.07, 6.45) is 2.14. The summed E-state index contributed by atoms with van der Waals surface area (Å²) in [6.45, 7) is 0. The molecule has 0 spiro atoms. The van der Waals surface area contributed by atoms with Crippen LogP contribution in [0.3, 0.4) is 0 Å². The molecule has 0 saturated heterocycles. The van der Waals surface area contributed by atoms with E-state index in [1.165, 1.54) is 11.8 Å². The first kappa shape index (κ1) is 18.8. The molecule has 5 rings (SSSR count). The third-order valence-corrected chi connectivity index (χ3v) is 5.56. The Morgan fingerprint density at radius 1 is 0.871 bits per heavy atom. The molecule has 0 saturated carbocycles. The van der Waals surface area contributed by atoms with Gasteiger partial charge in [0.05, 0.1) is 16.9 Å². The lowest BCUT2D eigenvalue weighted by Gasteiger charge is -2.13. The monoisotopic (exact) mass is 405 g/mol. The molecule has 0 fully saturated rings. The molecule has 1 heterocycles. The number of nitrogens with two attached hydrogens (primary N) is 1. The zero-order valence-electron chi connectivity index (χ0n) is 16.6. The summed E-state index contributed by atoms with van der Waals surface area (Å²) >= 11 is 0. The summed E-state index contributed by atoms with van der Waals surface area (Å²) in [7, 11) is 0. The maximum Gasteiger partial charge on any atom is 0.256 e. The average Bonchev–Trinajstić information content (AvgIpc) is 3.18. The number of hydrogen-bond donors (Lipinski definition) is 2. The third kappa shape index (κ3) is 3.36. The fourth-order valence-corrected chi connectivity index (χ4v) is 4.08. The molecule has 4 aromatic rings. The van der Waals surface area contributed by atoms with Crippen LogP contribution in [0.2, 0.25) is 0 Å². The molecule has 0 radical (unpaired) electrons. The van der Waals surface area contributed by atoms with Crippen LogP contribution in [0.15, 0.2) is 85.1 Å². The van der Waals surface area contributed by atoms with Crippen LogP contribution in [-0.2, 0) is 6.42 Å². The van der Waals surface area contributed by atoms with E-state index in [4.69, 9.17) is 5.73 Å². The second-order valence-electron chi connectivity index (χ2n) is 7.47. The summed E-state index contributed by atoms with van der Waals surface area (Å²) < 4.78 is 0. The molecular weight excluding hydrogens is 386 g/mol. The molecule has 1 aliphatic rings. The van der Waals surface area contributed by atoms with Crippen LogP contribution in [-0.4, -0.2) is 16.8 Å². The number of hydrogen-bond acceptors (Lipinski definition) is 3. The molecule has 0 bridgehead atoms. The topological polar surface area (TPSA) is 85.1 Å². The van der Waals surface area contributed by atoms with Crippen molar-refractivity contribution in [2.24, 2.45) is 5.73 Å². The number of nitrogens with one attached hydrogen (secondary N) is 1. The normalized spacial score (nSPS) is 11.5. The highest BCUT2D eigenvalue weighted by Crippen LogP contribution is 2.38. The minimum Gasteiger partial charge on any atom is -0.366 e. The van der Waals surface area contributed by atoms with Gasteiger partial charge in [0.25, 0.3) is 5.91 Å². The van der Waals surface area contributed by atoms with Gasteiger partial charge in [-0.25, -0.2) is 0 Å². The van der Waals surface area contributed by atoms with Gasteiger partial charge in [0, 0.05) is 17.3 Å². The van der Waals surface area contributed by atoms with Crippen LogP contribution >= 0.6 is 0 Å². The lowest BCUT2D eigenvalue weighted by molar-refractivity contribution is 0.0995. The van der Waals surface area contributed by atoms with Crippen molar-refractivity contribution in [3.8, 4) is 22.4 Å². The number of anilines is 1. The van der Waals surface area contributed by atoms with Gasteiger partial charge in [-0.1, -0.05) is 66.7 Å². The Morgan fingerprint density at radius 2 is 1.61 bits per heavy atom. The van der Waals surface area contributed by atoms with Crippen LogP contribution in [0.25, 0.3) is 22.4 Å². The Hall–Kier alpha value is -4.25. The van der Waals surface area contributed by atoms with Crippen molar-refractivity contribution >= 4 is 17.5 Å². The molecule has 0 atom stereocenters. The second-order valence-corrected chi connectivity index (χ2v) is 7.47. The van der Waals surface area contributed by atoms with E-state index in [0.29, 0.717) is 23.4 Å². The smallest absolute Gasteiger partial charge is 0.256 e. The van der Waals surface area contributed by atoms with Crippen molar-refractivity contribution in [1.82, 2.24) is 4.98 Å². The van der Waals surface area contributed by atoms with Crippen LogP contribution in [0, 0.1) is 0 Å². The van der Waals surface area contributed by atoms with Crippen molar-refractivity contribution in [3.63, 3.8) is 0 Å². The first-order valence-corrected chi connectivity index (χ1v) is 9.98. The molecule has 150 valence electrons. The van der Waals surface area contributed by atoms with Gasteiger partial charge in [-0.3, -0.25) is 14.6 Å². The van der Waals surface area contributed by atoms with E-state index < -0.39 is 5.91 Å². The average molecular weight is 405 g/mol. The van der Waals surface area contributed by atoms with Gasteiger partial charge < -0.3 is 11.1 Å². The molecule has 0 aliphatic heterocycles. The quantitative estimate of drug-likeness (QED) is 0.456. The summed E-state index contributed by atoms with van der Waals surface area (Å²) in [5, 5.41) is 2.97. The van der Waals surface area contributed by atoms with E-state index in [2.05, 4.69) is 22.4 Å². The molecule has 5 nitrogen and oxygen atoms in total. The van der Waals surface area contributed by atoms with E-state index >= 15 is 0 Å². The minimum atomic E-state index is -0.598. The number of pyridine rings is 1. The fourth-order valence-electron chi connectivity index (χ4n) is 4.08. The van der Waals surface area contributed by atoms with Crippen molar-refractivity contribution in [2.45, 2.75) is 6.42 Å². The molecule has 1 aromatic heterocycles. The molecule has 3 aromatic carbocycles. The number of benzene rings is 3. The number of nitrogens with zero attached hydrogens (tertiary/aromatic N) is 1. The van der Waals surface area contributed by atoms with Gasteiger partial charge >= 0.3 is 0 Å². The highest BCUT2D eigenvalue weighted by molar-refractivity contribution is 6.09. The van der Waals surface area contributed by atoms with Gasteiger partial charge in [0.15, 0.2) is 0 Å². The van der Waals surface area contributed by atoms with E-state index in [-0.39, 0.29) is 11.5 Å². The number of primary amides is 1. The molecule has 3 N–H and O–H groups in total. The number of aromatic nitrogens is 1. The van der Waals surface area contributed by atoms with Crippen LogP contribution < -0.4 is 11.1 Å². The third-order valence-electron chi connectivity index (χ3n) is 5.56. The van der Waals surface area contributed by atoms with Gasteiger partial charge in [-0.15, -0.1) is 0 Å². The Bertz CT molecular complexity index is 1330. The molecule has 5 heteroatoms. The zero-order chi connectivity index (χ0) is 21.4. The Balaban J connectivity index is 1.55. The van der Waals surface area contributed by atoms with Gasteiger partial charge in [0.2, 0.25) is 5.91 Å². The van der Waals surface area contributed by atoms with E-state index in [1.54, 1.807) is 6.07 Å². The van der Waals surface area contributed by atoms with E-state index in [9.17, 15) is 9.59 Å². The molecular formula is C26H19N3O2. The van der Waals surface area contributed by atoms with Crippen molar-refractivity contribution in [1.29, 1.82) is 0 Å². The summed E-state index contributed by atoms with van der Waals surface area (Å²) in [5.41, 5.74) is 12.6. The summed E-state index contributed by atoms with van der Waals surface area (Å²) in [4.78, 5) is 29.4. The lowest BCUT2D eigenvalue weighted by Crippen LogP contribution is -2.17. The van der Waals surface area contributed by atoms with E-state index in [1.807, 2.05) is 60.7 Å². The van der Waals surface area contributed by atoms with Gasteiger partial charge in [-0.2, -0.15) is 0 Å². The Labute approximate surface area is 179 Å². The Morgan fingerprint density at radius 3 is 2.42 bits per heavy atom. The molecule has 31 heavy (non-hydrogen) atoms. The van der Waals surface area contributed by atoms with Crippen molar-refractivity contribution < 1.29 is 9.59 Å². The van der Waals surface area contributed by atoms with Crippen molar-refractivity contribution in [2.75, 3.05) is 5.32 Å². The number of carbonyl (C=O) groups excluding carboxylic acids is 2. The summed E-state index contributed by atoms with van der Waals surface area (Å²) in [6, 6.07) is 25.0. The highest BCUT2D eigenvalue weighted by atomic mass is 16.2. The number of rotatable bonds is 4. The first-order chi connectivity index (χ1) is 15.1. The highest BCUT2D eigenvalue weighted by Gasteiger charge is 2.24. The van der Waals surface area contributed by atoms with Crippen LogP contribution in [0.4, 0.5) is 5.69 Å². The van der Waals surface area contributed by atoms with Gasteiger partial charge in [-0.05, 0) is 40.8 Å². The first-order valence-electron chi connectivity index (χ1n) is 9.98. The molecule has 0 unspecified atom stereocenters. The second kappa shape index (κ2) is 7.54. The minimum absolute atomic E-state index is 0.237. The lowest BCUT2D eigenvalue weighted by atomic mass is 10.0. The maximum atomic E-state index is 13.3. The predicted molar refractivity (Wildman–Crippen MR) is 121 cm³/mol. The summed E-state index contributed by atoms with van der Waals surface area (Å²) in [5.74, 6) is -0.844. The largest absolute Gasteiger partial charge is 0.366 e. The molecule has 1 aliphatic carbocycles. The van der Waals surface area contributed by atoms with E-state index in [0.717, 1.165) is 22.3 Å².